The van der Waals surface area contributed by atoms with Crippen molar-refractivity contribution in [2.24, 2.45) is 11.8 Å². The number of rotatable bonds is 10. The third kappa shape index (κ3) is 8.18. The molecule has 1 heterocycles. The van der Waals surface area contributed by atoms with Gasteiger partial charge in [0.2, 0.25) is 0 Å². The highest BCUT2D eigenvalue weighted by atomic mass is 32.2. The van der Waals surface area contributed by atoms with Gasteiger partial charge in [-0.25, -0.2) is 4.79 Å². The molecule has 11 heteroatoms. The molecule has 1 saturated heterocycles. The Kier molecular flexibility index (Phi) is 9.91. The SMILES string of the molecule is CN(C(=O)Nc1ccc(SC(F)(F)F)cc1)C1C2CCC1CN(CCCC(Oc1ccc(O)cc1)c1ccc(C#N)cc1)C2. The molecule has 3 aromatic rings. The smallest absolute Gasteiger partial charge is 0.446 e. The number of phenolic OH excluding ortho intramolecular Hbond substituents is 1. The Hall–Kier alpha value is -3.88. The number of hydrogen-bond acceptors (Lipinski definition) is 6. The fourth-order valence-corrected chi connectivity index (χ4v) is 6.99. The van der Waals surface area contributed by atoms with Gasteiger partial charge in [-0.05, 0) is 122 Å². The summed E-state index contributed by atoms with van der Waals surface area (Å²) >= 11 is -0.180. The topological polar surface area (TPSA) is 88.8 Å². The Bertz CT molecular complexity index is 1430. The molecule has 2 N–H and O–H groups in total. The van der Waals surface area contributed by atoms with E-state index in [1.54, 1.807) is 48.3 Å². The number of nitriles is 1. The van der Waals surface area contributed by atoms with E-state index in [-0.39, 0.29) is 40.6 Å². The summed E-state index contributed by atoms with van der Waals surface area (Å²) in [5.74, 6) is 1.52. The van der Waals surface area contributed by atoms with Crippen LogP contribution in [0.3, 0.4) is 0 Å². The molecule has 3 unspecified atom stereocenters. The summed E-state index contributed by atoms with van der Waals surface area (Å²) in [7, 11) is 1.80. The maximum atomic E-state index is 13.1. The van der Waals surface area contributed by atoms with Crippen LogP contribution < -0.4 is 10.1 Å². The zero-order valence-corrected chi connectivity index (χ0v) is 25.2. The van der Waals surface area contributed by atoms with Gasteiger partial charge in [-0.3, -0.25) is 0 Å². The number of ether oxygens (including phenoxy) is 1. The predicted octanol–water partition coefficient (Wildman–Crippen LogP) is 7.65. The molecule has 0 radical (unpaired) electrons. The van der Waals surface area contributed by atoms with Crippen LogP contribution in [-0.4, -0.2) is 59.2 Å². The van der Waals surface area contributed by atoms with Gasteiger partial charge >= 0.3 is 11.5 Å². The molecule has 1 aliphatic carbocycles. The van der Waals surface area contributed by atoms with Gasteiger partial charge in [0.15, 0.2) is 0 Å². The summed E-state index contributed by atoms with van der Waals surface area (Å²) in [6.45, 7) is 2.68. The van der Waals surface area contributed by atoms with Crippen molar-refractivity contribution in [3.05, 3.63) is 83.9 Å². The van der Waals surface area contributed by atoms with E-state index >= 15 is 0 Å². The van der Waals surface area contributed by atoms with Crippen LogP contribution in [0.4, 0.5) is 23.7 Å². The number of thioether (sulfide) groups is 1. The lowest BCUT2D eigenvalue weighted by Crippen LogP contribution is -2.54. The lowest BCUT2D eigenvalue weighted by Gasteiger charge is -2.42. The third-order valence-electron chi connectivity index (χ3n) is 8.43. The van der Waals surface area contributed by atoms with E-state index in [9.17, 15) is 28.3 Å². The number of carbonyl (C=O) groups is 1. The minimum absolute atomic E-state index is 0.0735. The van der Waals surface area contributed by atoms with E-state index < -0.39 is 5.51 Å². The quantitative estimate of drug-likeness (QED) is 0.225. The molecular weight excluding hydrogens is 589 g/mol. The van der Waals surface area contributed by atoms with Gasteiger partial charge in [0, 0.05) is 36.8 Å². The molecule has 0 spiro atoms. The van der Waals surface area contributed by atoms with Crippen molar-refractivity contribution in [2.75, 3.05) is 32.0 Å². The van der Waals surface area contributed by atoms with Crippen LogP contribution in [0.2, 0.25) is 0 Å². The van der Waals surface area contributed by atoms with Gasteiger partial charge in [0.05, 0.1) is 11.6 Å². The molecule has 7 nitrogen and oxygen atoms in total. The number of carbonyl (C=O) groups excluding carboxylic acids is 1. The van der Waals surface area contributed by atoms with E-state index in [0.29, 0.717) is 28.8 Å². The van der Waals surface area contributed by atoms with Crippen molar-refractivity contribution in [1.82, 2.24) is 9.80 Å². The Morgan fingerprint density at radius 1 is 1.07 bits per heavy atom. The Morgan fingerprint density at radius 2 is 1.70 bits per heavy atom. The summed E-state index contributed by atoms with van der Waals surface area (Å²) in [5, 5.41) is 21.7. The van der Waals surface area contributed by atoms with Gasteiger partial charge in [0.25, 0.3) is 0 Å². The summed E-state index contributed by atoms with van der Waals surface area (Å²) in [5.41, 5.74) is -2.32. The molecule has 232 valence electrons. The number of aromatic hydroxyl groups is 1. The number of nitrogens with one attached hydrogen (secondary N) is 1. The van der Waals surface area contributed by atoms with Gasteiger partial charge in [0.1, 0.15) is 17.6 Å². The first-order valence-electron chi connectivity index (χ1n) is 14.7. The van der Waals surface area contributed by atoms with E-state index in [1.165, 1.54) is 24.3 Å². The Balaban J connectivity index is 1.14. The molecule has 1 saturated carbocycles. The van der Waals surface area contributed by atoms with E-state index in [1.807, 2.05) is 12.1 Å². The van der Waals surface area contributed by atoms with Gasteiger partial charge in [-0.1, -0.05) is 12.1 Å². The minimum Gasteiger partial charge on any atom is -0.508 e. The summed E-state index contributed by atoms with van der Waals surface area (Å²) < 4.78 is 44.2. The number of alkyl halides is 3. The second kappa shape index (κ2) is 13.8. The first kappa shape index (κ1) is 31.5. The second-order valence-corrected chi connectivity index (χ2v) is 12.6. The molecule has 2 bridgehead atoms. The van der Waals surface area contributed by atoms with Crippen molar-refractivity contribution < 1.29 is 27.8 Å². The highest BCUT2D eigenvalue weighted by molar-refractivity contribution is 8.00. The van der Waals surface area contributed by atoms with Gasteiger partial charge in [-0.15, -0.1) is 0 Å². The van der Waals surface area contributed by atoms with E-state index in [4.69, 9.17) is 4.74 Å². The van der Waals surface area contributed by atoms with Gasteiger partial charge in [-0.2, -0.15) is 18.4 Å². The monoisotopic (exact) mass is 624 g/mol. The lowest BCUT2D eigenvalue weighted by atomic mass is 9.90. The number of phenols is 1. The standard InChI is InChI=1S/C33H35F3N4O3S/c1-39(32(42)38-26-10-16-29(17-11-26)44-33(34,35)36)31-24-8-9-25(31)21-40(20-24)18-2-3-30(23-6-4-22(19-37)5-7-23)43-28-14-12-27(41)13-15-28/h4-7,10-17,24-25,30-31,41H,2-3,8-9,18,20-21H2,1H3,(H,38,42). The Labute approximate surface area is 259 Å². The lowest BCUT2D eigenvalue weighted by molar-refractivity contribution is -0.0328. The molecular formula is C33H35F3N4O3S. The summed E-state index contributed by atoms with van der Waals surface area (Å²) in [6.07, 6.45) is 3.55. The zero-order valence-electron chi connectivity index (χ0n) is 24.3. The number of anilines is 1. The van der Waals surface area contributed by atoms with E-state index in [0.717, 1.165) is 50.9 Å². The first-order valence-corrected chi connectivity index (χ1v) is 15.5. The van der Waals surface area contributed by atoms with Crippen LogP contribution in [-0.2, 0) is 0 Å². The zero-order chi connectivity index (χ0) is 31.3. The number of nitrogens with zero attached hydrogens (tertiary/aromatic N) is 3. The molecule has 2 aliphatic rings. The van der Waals surface area contributed by atoms with E-state index in [2.05, 4.69) is 16.3 Å². The summed E-state index contributed by atoms with van der Waals surface area (Å²) in [6, 6.07) is 21.8. The Morgan fingerprint density at radius 3 is 2.30 bits per heavy atom. The molecule has 1 aliphatic heterocycles. The molecule has 5 rings (SSSR count). The average Bonchev–Trinajstić information content (AvgIpc) is 3.26. The highest BCUT2D eigenvalue weighted by Crippen LogP contribution is 2.40. The second-order valence-electron chi connectivity index (χ2n) is 11.4. The summed E-state index contributed by atoms with van der Waals surface area (Å²) in [4.78, 5) is 17.4. The first-order chi connectivity index (χ1) is 21.1. The van der Waals surface area contributed by atoms with Crippen LogP contribution in [0.1, 0.15) is 42.9 Å². The number of hydrogen-bond donors (Lipinski definition) is 2. The van der Waals surface area contributed by atoms with Crippen LogP contribution in [0.5, 0.6) is 11.5 Å². The molecule has 0 aromatic heterocycles. The molecule has 3 aromatic carbocycles. The number of halogens is 3. The highest BCUT2D eigenvalue weighted by Gasteiger charge is 2.45. The van der Waals surface area contributed by atoms with Crippen molar-refractivity contribution in [2.45, 2.75) is 48.2 Å². The van der Waals surface area contributed by atoms with Crippen LogP contribution in [0.25, 0.3) is 0 Å². The largest absolute Gasteiger partial charge is 0.508 e. The van der Waals surface area contributed by atoms with Crippen molar-refractivity contribution in [3.8, 4) is 17.6 Å². The predicted molar refractivity (Wildman–Crippen MR) is 163 cm³/mol. The fourth-order valence-electron chi connectivity index (χ4n) is 6.45. The number of likely N-dealkylation sites (tertiary alicyclic amines) is 1. The van der Waals surface area contributed by atoms with Crippen molar-refractivity contribution in [3.63, 3.8) is 0 Å². The maximum absolute atomic E-state index is 13.1. The molecule has 2 amide bonds. The molecule has 44 heavy (non-hydrogen) atoms. The number of benzene rings is 3. The van der Waals surface area contributed by atoms with Crippen LogP contribution in [0, 0.1) is 23.2 Å². The number of urea groups is 1. The number of amides is 2. The van der Waals surface area contributed by atoms with Crippen LogP contribution in [0.15, 0.2) is 77.7 Å². The maximum Gasteiger partial charge on any atom is 0.446 e. The van der Waals surface area contributed by atoms with Crippen LogP contribution >= 0.6 is 11.8 Å². The molecule has 3 atom stereocenters. The number of piperidine rings is 1. The minimum atomic E-state index is -4.35. The molecule has 2 fully saturated rings. The third-order valence-corrected chi connectivity index (χ3v) is 9.17. The number of fused-ring (bicyclic) bond motifs is 2. The van der Waals surface area contributed by atoms with Crippen molar-refractivity contribution >= 4 is 23.5 Å². The van der Waals surface area contributed by atoms with Crippen molar-refractivity contribution in [1.29, 1.82) is 5.26 Å². The fraction of sp³-hybridized carbons (Fsp3) is 0.394. The normalized spacial score (nSPS) is 20.5. The van der Waals surface area contributed by atoms with Gasteiger partial charge < -0.3 is 25.0 Å². The average molecular weight is 625 g/mol.